The fourth-order valence-electron chi connectivity index (χ4n) is 6.27. The van der Waals surface area contributed by atoms with Crippen LogP contribution in [0, 0.1) is 10.8 Å². The molecule has 2 N–H and O–H groups in total. The Hall–Kier alpha value is -1.32. The molecular formula is C32H58O4. The zero-order chi connectivity index (χ0) is 26.5. The predicted octanol–water partition coefficient (Wildman–Crippen LogP) is 10.1. The lowest BCUT2D eigenvalue weighted by atomic mass is 9.54. The Bertz CT molecular complexity index is 561. The monoisotopic (exact) mass is 506 g/mol. The van der Waals surface area contributed by atoms with E-state index in [0.29, 0.717) is 25.7 Å². The summed E-state index contributed by atoms with van der Waals surface area (Å²) in [6, 6.07) is 0. The van der Waals surface area contributed by atoms with Crippen LogP contribution in [-0.4, -0.2) is 22.2 Å². The maximum absolute atomic E-state index is 12.7. The summed E-state index contributed by atoms with van der Waals surface area (Å²) in [7, 11) is 0. The molecular weight excluding hydrogens is 448 g/mol. The molecule has 2 atom stereocenters. The summed E-state index contributed by atoms with van der Waals surface area (Å²) in [5.41, 5.74) is -2.35. The first-order valence-electron chi connectivity index (χ1n) is 15.6. The third-order valence-electron chi connectivity index (χ3n) is 8.75. The van der Waals surface area contributed by atoms with Crippen molar-refractivity contribution in [1.29, 1.82) is 0 Å². The van der Waals surface area contributed by atoms with Crippen LogP contribution in [0.15, 0.2) is 12.2 Å². The fraction of sp³-hybridized carbons (Fsp3) is 0.875. The molecule has 2 unspecified atom stereocenters. The Balaban J connectivity index is 2.53. The van der Waals surface area contributed by atoms with E-state index in [2.05, 4.69) is 13.8 Å². The third kappa shape index (κ3) is 11.0. The largest absolute Gasteiger partial charge is 0.481 e. The molecule has 0 heterocycles. The van der Waals surface area contributed by atoms with E-state index in [-0.39, 0.29) is 0 Å². The molecule has 210 valence electrons. The quantitative estimate of drug-likeness (QED) is 0.101. The van der Waals surface area contributed by atoms with E-state index in [1.807, 2.05) is 12.2 Å². The summed E-state index contributed by atoms with van der Waals surface area (Å²) in [4.78, 5) is 25.3. The van der Waals surface area contributed by atoms with Crippen molar-refractivity contribution < 1.29 is 19.8 Å². The van der Waals surface area contributed by atoms with Gasteiger partial charge in [0.25, 0.3) is 0 Å². The highest BCUT2D eigenvalue weighted by Gasteiger charge is 2.60. The molecule has 0 saturated carbocycles. The summed E-state index contributed by atoms with van der Waals surface area (Å²) < 4.78 is 0. The molecule has 1 aliphatic rings. The lowest BCUT2D eigenvalue weighted by molar-refractivity contribution is -0.177. The zero-order valence-corrected chi connectivity index (χ0v) is 23.8. The minimum absolute atomic E-state index is 0.351. The van der Waals surface area contributed by atoms with Gasteiger partial charge in [-0.25, -0.2) is 0 Å². The molecule has 1 rings (SSSR count). The Morgan fingerprint density at radius 3 is 1.00 bits per heavy atom. The SMILES string of the molecule is CCCCCCCCCCCCC1(C(=O)O)CC=CCC1(CCCCCCCCCCCC)C(=O)O. The fourth-order valence-corrected chi connectivity index (χ4v) is 6.27. The molecule has 0 aromatic carbocycles. The molecule has 0 amide bonds. The van der Waals surface area contributed by atoms with Crippen molar-refractivity contribution in [3.8, 4) is 0 Å². The van der Waals surface area contributed by atoms with Gasteiger partial charge in [-0.05, 0) is 25.7 Å². The van der Waals surface area contributed by atoms with Crippen molar-refractivity contribution >= 4 is 11.9 Å². The van der Waals surface area contributed by atoms with Gasteiger partial charge in [-0.3, -0.25) is 9.59 Å². The highest BCUT2D eigenvalue weighted by Crippen LogP contribution is 2.55. The molecule has 0 aromatic rings. The minimum atomic E-state index is -1.17. The second kappa shape index (κ2) is 19.7. The molecule has 4 nitrogen and oxygen atoms in total. The summed E-state index contributed by atoms with van der Waals surface area (Å²) in [6.45, 7) is 4.48. The van der Waals surface area contributed by atoms with E-state index >= 15 is 0 Å². The molecule has 0 radical (unpaired) electrons. The third-order valence-corrected chi connectivity index (χ3v) is 8.75. The summed E-state index contributed by atoms with van der Waals surface area (Å²) in [6.07, 6.45) is 29.4. The molecule has 0 spiro atoms. The minimum Gasteiger partial charge on any atom is -0.481 e. The predicted molar refractivity (Wildman–Crippen MR) is 151 cm³/mol. The molecule has 4 heteroatoms. The number of unbranched alkanes of at least 4 members (excludes halogenated alkanes) is 18. The normalized spacial score (nSPS) is 21.6. The van der Waals surface area contributed by atoms with Gasteiger partial charge >= 0.3 is 11.9 Å². The Morgan fingerprint density at radius 2 is 0.750 bits per heavy atom. The lowest BCUT2D eigenvalue weighted by Gasteiger charge is -2.47. The number of allylic oxidation sites excluding steroid dienone is 2. The van der Waals surface area contributed by atoms with Crippen LogP contribution in [0.4, 0.5) is 0 Å². The van der Waals surface area contributed by atoms with Crippen molar-refractivity contribution in [3.05, 3.63) is 12.2 Å². The van der Waals surface area contributed by atoms with Crippen molar-refractivity contribution in [3.63, 3.8) is 0 Å². The lowest BCUT2D eigenvalue weighted by Crippen LogP contribution is -2.53. The van der Waals surface area contributed by atoms with Crippen molar-refractivity contribution in [2.45, 2.75) is 168 Å². The van der Waals surface area contributed by atoms with Gasteiger partial charge in [0.1, 0.15) is 0 Å². The first-order chi connectivity index (χ1) is 17.5. The maximum Gasteiger partial charge on any atom is 0.311 e. The van der Waals surface area contributed by atoms with E-state index in [0.717, 1.165) is 38.5 Å². The number of carboxylic acid groups (broad SMARTS) is 2. The topological polar surface area (TPSA) is 74.6 Å². The number of carboxylic acids is 2. The van der Waals surface area contributed by atoms with Crippen LogP contribution in [0.5, 0.6) is 0 Å². The number of carbonyl (C=O) groups is 2. The van der Waals surface area contributed by atoms with Gasteiger partial charge in [-0.15, -0.1) is 0 Å². The van der Waals surface area contributed by atoms with Crippen LogP contribution >= 0.6 is 0 Å². The summed E-state index contributed by atoms with van der Waals surface area (Å²) in [5.74, 6) is -1.81. The Kier molecular flexibility index (Phi) is 17.9. The van der Waals surface area contributed by atoms with Crippen molar-refractivity contribution in [2.24, 2.45) is 10.8 Å². The van der Waals surface area contributed by atoms with E-state index in [4.69, 9.17) is 0 Å². The maximum atomic E-state index is 12.7. The van der Waals surface area contributed by atoms with Gasteiger partial charge in [0, 0.05) is 0 Å². The average Bonchev–Trinajstić information content (AvgIpc) is 2.86. The van der Waals surface area contributed by atoms with Crippen molar-refractivity contribution in [1.82, 2.24) is 0 Å². The smallest absolute Gasteiger partial charge is 0.311 e. The summed E-state index contributed by atoms with van der Waals surface area (Å²) in [5, 5.41) is 20.8. The van der Waals surface area contributed by atoms with Crippen LogP contribution in [0.25, 0.3) is 0 Å². The van der Waals surface area contributed by atoms with E-state index in [9.17, 15) is 19.8 Å². The van der Waals surface area contributed by atoms with Gasteiger partial charge in [-0.2, -0.15) is 0 Å². The molecule has 0 aliphatic heterocycles. The van der Waals surface area contributed by atoms with Crippen LogP contribution in [0.2, 0.25) is 0 Å². The van der Waals surface area contributed by atoms with Crippen LogP contribution in [0.1, 0.15) is 168 Å². The van der Waals surface area contributed by atoms with Crippen LogP contribution in [0.3, 0.4) is 0 Å². The molecule has 0 aromatic heterocycles. The Morgan fingerprint density at radius 1 is 0.500 bits per heavy atom. The zero-order valence-electron chi connectivity index (χ0n) is 23.8. The van der Waals surface area contributed by atoms with E-state index in [1.165, 1.54) is 89.9 Å². The second-order valence-corrected chi connectivity index (χ2v) is 11.5. The first-order valence-corrected chi connectivity index (χ1v) is 15.6. The highest BCUT2D eigenvalue weighted by atomic mass is 16.4. The molecule has 0 saturated heterocycles. The van der Waals surface area contributed by atoms with Gasteiger partial charge in [0.15, 0.2) is 0 Å². The average molecular weight is 507 g/mol. The number of rotatable bonds is 24. The molecule has 36 heavy (non-hydrogen) atoms. The van der Waals surface area contributed by atoms with Crippen LogP contribution in [-0.2, 0) is 9.59 Å². The number of aliphatic carboxylic acids is 2. The van der Waals surface area contributed by atoms with Crippen molar-refractivity contribution in [2.75, 3.05) is 0 Å². The van der Waals surface area contributed by atoms with Gasteiger partial charge in [0.2, 0.25) is 0 Å². The Labute approximate surface area is 222 Å². The highest BCUT2D eigenvalue weighted by molar-refractivity contribution is 5.87. The molecule has 1 aliphatic carbocycles. The standard InChI is InChI=1S/C32H58O4/c1-3-5-7-9-11-13-15-17-19-21-25-31(29(33)34)27-23-24-28-32(31,30(35)36)26-22-20-18-16-14-12-10-8-6-4-2/h23-24H,3-22,25-28H2,1-2H3,(H,33,34)(H,35,36). The van der Waals surface area contributed by atoms with Crippen LogP contribution < -0.4 is 0 Å². The van der Waals surface area contributed by atoms with Gasteiger partial charge in [0.05, 0.1) is 10.8 Å². The second-order valence-electron chi connectivity index (χ2n) is 11.5. The first kappa shape index (κ1) is 32.7. The molecule has 0 fully saturated rings. The van der Waals surface area contributed by atoms with E-state index < -0.39 is 22.8 Å². The van der Waals surface area contributed by atoms with E-state index in [1.54, 1.807) is 0 Å². The van der Waals surface area contributed by atoms with Gasteiger partial charge < -0.3 is 10.2 Å². The number of hydrogen-bond acceptors (Lipinski definition) is 2. The summed E-state index contributed by atoms with van der Waals surface area (Å²) >= 11 is 0. The van der Waals surface area contributed by atoms with Gasteiger partial charge in [-0.1, -0.05) is 154 Å². The molecule has 0 bridgehead atoms. The number of hydrogen-bond donors (Lipinski definition) is 2.